The molecule has 2 aromatic carbocycles. The van der Waals surface area contributed by atoms with Crippen LogP contribution in [0.15, 0.2) is 48.5 Å². The summed E-state index contributed by atoms with van der Waals surface area (Å²) in [5, 5.41) is 10.0. The number of piperidine rings is 1. The molecule has 0 radical (unpaired) electrons. The molecule has 1 N–H and O–H groups in total. The van der Waals surface area contributed by atoms with Crippen LogP contribution in [0.5, 0.6) is 5.75 Å². The number of hydrogen-bond acceptors (Lipinski definition) is 4. The van der Waals surface area contributed by atoms with E-state index in [2.05, 4.69) is 4.90 Å². The Hall–Kier alpha value is -2.40. The molecule has 1 saturated heterocycles. The van der Waals surface area contributed by atoms with Gasteiger partial charge in [-0.25, -0.2) is 4.39 Å². The van der Waals surface area contributed by atoms with Crippen molar-refractivity contribution in [3.63, 3.8) is 0 Å². The molecule has 1 fully saturated rings. The third-order valence-corrected chi connectivity index (χ3v) is 4.18. The molecular weight excluding hydrogens is 297 g/mol. The normalized spacial score (nSPS) is 21.0. The zero-order chi connectivity index (χ0) is 16.2. The van der Waals surface area contributed by atoms with E-state index in [4.69, 9.17) is 4.74 Å². The first-order valence-corrected chi connectivity index (χ1v) is 7.58. The van der Waals surface area contributed by atoms with Crippen LogP contribution in [-0.2, 0) is 4.79 Å². The maximum Gasteiger partial charge on any atom is 0.298 e. The Morgan fingerprint density at radius 3 is 2.48 bits per heavy atom. The minimum atomic E-state index is -0.362. The molecule has 23 heavy (non-hydrogen) atoms. The van der Waals surface area contributed by atoms with E-state index in [1.807, 2.05) is 12.1 Å². The Balaban J connectivity index is 1.88. The number of benzene rings is 2. The summed E-state index contributed by atoms with van der Waals surface area (Å²) in [6, 6.07) is 13.6. The van der Waals surface area contributed by atoms with Gasteiger partial charge in [0, 0.05) is 12.2 Å². The van der Waals surface area contributed by atoms with E-state index in [9.17, 15) is 14.3 Å². The summed E-state index contributed by atoms with van der Waals surface area (Å²) in [7, 11) is 0. The van der Waals surface area contributed by atoms with Crippen molar-refractivity contribution >= 4 is 12.2 Å². The summed E-state index contributed by atoms with van der Waals surface area (Å²) in [6.45, 7) is 1.10. The van der Waals surface area contributed by atoms with Crippen LogP contribution in [0.25, 0.3) is 0 Å². The molecule has 2 atom stereocenters. The van der Waals surface area contributed by atoms with Gasteiger partial charge in [0.05, 0.1) is 12.1 Å². The molecule has 0 aromatic heterocycles. The van der Waals surface area contributed by atoms with Crippen molar-refractivity contribution in [2.75, 3.05) is 11.4 Å². The number of halogens is 1. The molecule has 1 heterocycles. The van der Waals surface area contributed by atoms with E-state index in [1.54, 1.807) is 24.3 Å². The van der Waals surface area contributed by atoms with Gasteiger partial charge in [0.2, 0.25) is 0 Å². The van der Waals surface area contributed by atoms with Crippen LogP contribution >= 0.6 is 0 Å². The van der Waals surface area contributed by atoms with Crippen molar-refractivity contribution in [2.24, 2.45) is 0 Å². The molecule has 0 bridgehead atoms. The van der Waals surface area contributed by atoms with E-state index in [0.29, 0.717) is 31.6 Å². The van der Waals surface area contributed by atoms with Gasteiger partial charge in [0.1, 0.15) is 11.6 Å². The molecule has 0 aliphatic carbocycles. The first-order valence-electron chi connectivity index (χ1n) is 7.58. The van der Waals surface area contributed by atoms with E-state index < -0.39 is 0 Å². The second-order valence-corrected chi connectivity index (χ2v) is 5.65. The molecule has 0 amide bonds. The number of aliphatic hydroxyl groups is 1. The summed E-state index contributed by atoms with van der Waals surface area (Å²) in [5.74, 6) is 0.214. The zero-order valence-electron chi connectivity index (χ0n) is 12.6. The topological polar surface area (TPSA) is 49.8 Å². The molecule has 1 aliphatic rings. The monoisotopic (exact) mass is 315 g/mol. The zero-order valence-corrected chi connectivity index (χ0v) is 12.6. The standard InChI is InChI=1S/C18H18FNO3/c19-14-3-1-13(2-4-14)18-11-16(22)9-10-20(18)15-5-7-17(8-6-15)23-12-21/h1-8,12,16,18,22H,9-11H2. The molecule has 5 heteroatoms. The molecule has 2 unspecified atom stereocenters. The van der Waals surface area contributed by atoms with Gasteiger partial charge in [0.25, 0.3) is 6.47 Å². The first-order chi connectivity index (χ1) is 11.2. The number of anilines is 1. The number of ether oxygens (including phenoxy) is 1. The Bertz CT molecular complexity index is 657. The summed E-state index contributed by atoms with van der Waals surface area (Å²) in [6.07, 6.45) is 0.918. The van der Waals surface area contributed by atoms with Crippen molar-refractivity contribution in [1.82, 2.24) is 0 Å². The highest BCUT2D eigenvalue weighted by Gasteiger charge is 2.28. The van der Waals surface area contributed by atoms with Crippen molar-refractivity contribution < 1.29 is 19.0 Å². The van der Waals surface area contributed by atoms with E-state index in [-0.39, 0.29) is 18.0 Å². The number of aliphatic hydroxyl groups excluding tert-OH is 1. The predicted molar refractivity (Wildman–Crippen MR) is 84.9 cm³/mol. The minimum absolute atomic E-state index is 0.0165. The summed E-state index contributed by atoms with van der Waals surface area (Å²) in [4.78, 5) is 12.6. The van der Waals surface area contributed by atoms with Crippen molar-refractivity contribution in [3.05, 3.63) is 59.9 Å². The van der Waals surface area contributed by atoms with Crippen LogP contribution in [0.2, 0.25) is 0 Å². The van der Waals surface area contributed by atoms with Crippen LogP contribution in [0, 0.1) is 5.82 Å². The van der Waals surface area contributed by atoms with Gasteiger partial charge in [-0.2, -0.15) is 0 Å². The average molecular weight is 315 g/mol. The number of hydrogen-bond donors (Lipinski definition) is 1. The van der Waals surface area contributed by atoms with Crippen LogP contribution < -0.4 is 9.64 Å². The van der Waals surface area contributed by atoms with E-state index in [1.165, 1.54) is 12.1 Å². The van der Waals surface area contributed by atoms with E-state index >= 15 is 0 Å². The Morgan fingerprint density at radius 2 is 1.83 bits per heavy atom. The van der Waals surface area contributed by atoms with Gasteiger partial charge in [-0.1, -0.05) is 12.1 Å². The molecule has 120 valence electrons. The van der Waals surface area contributed by atoms with Crippen molar-refractivity contribution in [1.29, 1.82) is 0 Å². The molecule has 1 aliphatic heterocycles. The third-order valence-electron chi connectivity index (χ3n) is 4.18. The van der Waals surface area contributed by atoms with Crippen LogP contribution in [0.3, 0.4) is 0 Å². The molecule has 2 aromatic rings. The Labute approximate surface area is 134 Å². The summed E-state index contributed by atoms with van der Waals surface area (Å²) < 4.78 is 18.0. The minimum Gasteiger partial charge on any atom is -0.429 e. The lowest BCUT2D eigenvalue weighted by Gasteiger charge is -2.40. The van der Waals surface area contributed by atoms with Gasteiger partial charge in [-0.05, 0) is 54.8 Å². The maximum atomic E-state index is 13.2. The molecule has 3 rings (SSSR count). The van der Waals surface area contributed by atoms with Gasteiger partial charge in [-0.3, -0.25) is 4.79 Å². The van der Waals surface area contributed by atoms with Gasteiger partial charge >= 0.3 is 0 Å². The lowest BCUT2D eigenvalue weighted by molar-refractivity contribution is -0.120. The highest BCUT2D eigenvalue weighted by atomic mass is 19.1. The fourth-order valence-corrected chi connectivity index (χ4v) is 3.03. The van der Waals surface area contributed by atoms with Gasteiger partial charge < -0.3 is 14.7 Å². The molecule has 0 spiro atoms. The third kappa shape index (κ3) is 3.51. The summed E-state index contributed by atoms with van der Waals surface area (Å²) >= 11 is 0. The van der Waals surface area contributed by atoms with Crippen LogP contribution in [0.4, 0.5) is 10.1 Å². The summed E-state index contributed by atoms with van der Waals surface area (Å²) in [5.41, 5.74) is 1.95. The second kappa shape index (κ2) is 6.79. The predicted octanol–water partition coefficient (Wildman–Crippen LogP) is 3.06. The number of carbonyl (C=O) groups is 1. The van der Waals surface area contributed by atoms with Gasteiger partial charge in [0.15, 0.2) is 0 Å². The quantitative estimate of drug-likeness (QED) is 0.881. The van der Waals surface area contributed by atoms with Crippen LogP contribution in [0.1, 0.15) is 24.4 Å². The molecule has 4 nitrogen and oxygen atoms in total. The average Bonchev–Trinajstić information content (AvgIpc) is 2.57. The Morgan fingerprint density at radius 1 is 1.13 bits per heavy atom. The maximum absolute atomic E-state index is 13.2. The highest BCUT2D eigenvalue weighted by Crippen LogP contribution is 2.35. The lowest BCUT2D eigenvalue weighted by atomic mass is 9.92. The van der Waals surface area contributed by atoms with Crippen molar-refractivity contribution in [3.8, 4) is 5.75 Å². The van der Waals surface area contributed by atoms with Crippen LogP contribution in [-0.4, -0.2) is 24.2 Å². The number of carbonyl (C=O) groups excluding carboxylic acids is 1. The lowest BCUT2D eigenvalue weighted by Crippen LogP contribution is -2.38. The van der Waals surface area contributed by atoms with Crippen molar-refractivity contribution in [2.45, 2.75) is 25.0 Å². The second-order valence-electron chi connectivity index (χ2n) is 5.65. The largest absolute Gasteiger partial charge is 0.429 e. The highest BCUT2D eigenvalue weighted by molar-refractivity contribution is 5.54. The fourth-order valence-electron chi connectivity index (χ4n) is 3.03. The fraction of sp³-hybridized carbons (Fsp3) is 0.278. The van der Waals surface area contributed by atoms with E-state index in [0.717, 1.165) is 11.3 Å². The molecular formula is C18H18FNO3. The molecule has 0 saturated carbocycles. The number of nitrogens with zero attached hydrogens (tertiary/aromatic N) is 1. The SMILES string of the molecule is O=COc1ccc(N2CCC(O)CC2c2ccc(F)cc2)cc1. The first kappa shape index (κ1) is 15.5. The Kier molecular flexibility index (Phi) is 4.57. The smallest absolute Gasteiger partial charge is 0.298 e. The number of rotatable bonds is 4. The van der Waals surface area contributed by atoms with Gasteiger partial charge in [-0.15, -0.1) is 0 Å².